The molecule has 1 aromatic rings. The summed E-state index contributed by atoms with van der Waals surface area (Å²) < 4.78 is 0. The molecule has 0 amide bonds. The molecule has 0 aliphatic heterocycles. The van der Waals surface area contributed by atoms with Crippen LogP contribution in [0.3, 0.4) is 0 Å². The molecule has 0 heteroatoms. The Balaban J connectivity index is 0. The maximum absolute atomic E-state index is 2.18. The van der Waals surface area contributed by atoms with Crippen LogP contribution < -0.4 is 0 Å². The van der Waals surface area contributed by atoms with E-state index in [-0.39, 0.29) is 0 Å². The van der Waals surface area contributed by atoms with Gasteiger partial charge in [-0.2, -0.15) is 0 Å². The second-order valence-electron chi connectivity index (χ2n) is 3.75. The maximum atomic E-state index is 2.18. The number of rotatable bonds is 1. The molecule has 0 aromatic heterocycles. The molecule has 1 aromatic carbocycles. The fourth-order valence-electron chi connectivity index (χ4n) is 0.824. The highest BCUT2D eigenvalue weighted by Crippen LogP contribution is 2.02. The molecular weight excluding hydrogens is 180 g/mol. The van der Waals surface area contributed by atoms with Gasteiger partial charge in [0.2, 0.25) is 0 Å². The Morgan fingerprint density at radius 1 is 0.733 bits per heavy atom. The Hall–Kier alpha value is -0.780. The molecule has 0 atom stereocenters. The highest BCUT2D eigenvalue weighted by Gasteiger charge is 1.84. The summed E-state index contributed by atoms with van der Waals surface area (Å²) in [6.07, 6.45) is 3.64. The first-order valence-corrected chi connectivity index (χ1v) is 6.21. The molecule has 0 unspecified atom stereocenters. The van der Waals surface area contributed by atoms with Crippen molar-refractivity contribution in [2.75, 3.05) is 0 Å². The number of aryl methyl sites for hydroxylation is 2. The highest BCUT2D eigenvalue weighted by atomic mass is 13.9. The molecule has 0 nitrogen and oxygen atoms in total. The van der Waals surface area contributed by atoms with E-state index in [0.717, 1.165) is 6.42 Å². The van der Waals surface area contributed by atoms with Gasteiger partial charge in [0, 0.05) is 0 Å². The molecule has 0 heterocycles. The van der Waals surface area contributed by atoms with Crippen molar-refractivity contribution >= 4 is 0 Å². The molecular formula is C15H28. The van der Waals surface area contributed by atoms with Crippen molar-refractivity contribution in [1.82, 2.24) is 0 Å². The van der Waals surface area contributed by atoms with Crippen LogP contribution in [0.5, 0.6) is 0 Å². The minimum Gasteiger partial charge on any atom is -0.0656 e. The lowest BCUT2D eigenvalue weighted by Crippen LogP contribution is -1.77. The molecule has 0 aliphatic carbocycles. The molecule has 0 aliphatic rings. The second-order valence-corrected chi connectivity index (χ2v) is 3.75. The summed E-state index contributed by atoms with van der Waals surface area (Å²) in [5.74, 6) is 0. The maximum Gasteiger partial charge on any atom is -0.0307 e. The third-order valence-corrected chi connectivity index (χ3v) is 1.53. The zero-order valence-corrected chi connectivity index (χ0v) is 11.4. The Kier molecular flexibility index (Phi) is 14.7. The zero-order valence-electron chi connectivity index (χ0n) is 11.4. The van der Waals surface area contributed by atoms with Crippen LogP contribution in [0.1, 0.15) is 58.6 Å². The molecule has 0 N–H and O–H groups in total. The SMILES string of the molecule is CCC.CCC.CCc1ccc(C)cc1. The summed E-state index contributed by atoms with van der Waals surface area (Å²) >= 11 is 0. The van der Waals surface area contributed by atoms with Crippen molar-refractivity contribution in [3.63, 3.8) is 0 Å². The van der Waals surface area contributed by atoms with Gasteiger partial charge < -0.3 is 0 Å². The number of benzene rings is 1. The van der Waals surface area contributed by atoms with Gasteiger partial charge >= 0.3 is 0 Å². The predicted molar refractivity (Wildman–Crippen MR) is 72.5 cm³/mol. The minimum atomic E-state index is 1.14. The van der Waals surface area contributed by atoms with Crippen LogP contribution in [0, 0.1) is 6.92 Å². The Morgan fingerprint density at radius 3 is 1.33 bits per heavy atom. The monoisotopic (exact) mass is 208 g/mol. The lowest BCUT2D eigenvalue weighted by atomic mass is 10.1. The van der Waals surface area contributed by atoms with E-state index in [4.69, 9.17) is 0 Å². The molecule has 0 bridgehead atoms. The van der Waals surface area contributed by atoms with Gasteiger partial charge in [0.25, 0.3) is 0 Å². The van der Waals surface area contributed by atoms with Crippen LogP contribution >= 0.6 is 0 Å². The first-order valence-electron chi connectivity index (χ1n) is 6.21. The normalized spacial score (nSPS) is 8.13. The fraction of sp³-hybridized carbons (Fsp3) is 0.600. The van der Waals surface area contributed by atoms with E-state index in [1.807, 2.05) is 0 Å². The third kappa shape index (κ3) is 13.2. The van der Waals surface area contributed by atoms with Crippen LogP contribution in [-0.2, 0) is 6.42 Å². The van der Waals surface area contributed by atoms with Gasteiger partial charge in [0.05, 0.1) is 0 Å². The van der Waals surface area contributed by atoms with Gasteiger partial charge in [-0.1, -0.05) is 77.3 Å². The molecule has 0 fully saturated rings. The van der Waals surface area contributed by atoms with Crippen molar-refractivity contribution in [1.29, 1.82) is 0 Å². The summed E-state index contributed by atoms with van der Waals surface area (Å²) in [5, 5.41) is 0. The lowest BCUT2D eigenvalue weighted by Gasteiger charge is -1.94. The van der Waals surface area contributed by atoms with Crippen LogP contribution in [-0.4, -0.2) is 0 Å². The topological polar surface area (TPSA) is 0 Å². The minimum absolute atomic E-state index is 1.14. The molecule has 88 valence electrons. The molecule has 0 spiro atoms. The Morgan fingerprint density at radius 2 is 1.07 bits per heavy atom. The van der Waals surface area contributed by atoms with E-state index >= 15 is 0 Å². The van der Waals surface area contributed by atoms with Crippen molar-refractivity contribution in [2.24, 2.45) is 0 Å². The van der Waals surface area contributed by atoms with Crippen LogP contribution in [0.2, 0.25) is 0 Å². The largest absolute Gasteiger partial charge is 0.0656 e. The van der Waals surface area contributed by atoms with Gasteiger partial charge in [-0.05, 0) is 18.9 Å². The third-order valence-electron chi connectivity index (χ3n) is 1.53. The van der Waals surface area contributed by atoms with E-state index in [1.165, 1.54) is 24.0 Å². The highest BCUT2D eigenvalue weighted by molar-refractivity contribution is 5.20. The Labute approximate surface area is 96.7 Å². The van der Waals surface area contributed by atoms with Crippen molar-refractivity contribution in [2.45, 2.75) is 60.8 Å². The van der Waals surface area contributed by atoms with Crippen molar-refractivity contribution in [3.05, 3.63) is 35.4 Å². The standard InChI is InChI=1S/C9H12.2C3H8/c1-3-9-6-4-8(2)5-7-9;2*1-3-2/h4-7H,3H2,1-2H3;2*3H2,1-2H3. The molecule has 15 heavy (non-hydrogen) atoms. The molecule has 0 saturated carbocycles. The summed E-state index contributed by atoms with van der Waals surface area (Å²) in [6, 6.07) is 8.66. The van der Waals surface area contributed by atoms with Gasteiger partial charge in [-0.25, -0.2) is 0 Å². The van der Waals surface area contributed by atoms with Gasteiger partial charge in [0.1, 0.15) is 0 Å². The smallest absolute Gasteiger partial charge is 0.0307 e. The van der Waals surface area contributed by atoms with E-state index in [9.17, 15) is 0 Å². The summed E-state index contributed by atoms with van der Waals surface area (Å²) in [4.78, 5) is 0. The lowest BCUT2D eigenvalue weighted by molar-refractivity contribution is 1.09. The zero-order chi connectivity index (χ0) is 12.1. The first kappa shape index (κ1) is 16.6. The molecule has 1 rings (SSSR count). The van der Waals surface area contributed by atoms with E-state index in [1.54, 1.807) is 0 Å². The van der Waals surface area contributed by atoms with Crippen molar-refractivity contribution < 1.29 is 0 Å². The predicted octanol–water partition coefficient (Wildman–Crippen LogP) is 5.39. The summed E-state index contributed by atoms with van der Waals surface area (Å²) in [5.41, 5.74) is 2.76. The van der Waals surface area contributed by atoms with Crippen molar-refractivity contribution in [3.8, 4) is 0 Å². The summed E-state index contributed by atoms with van der Waals surface area (Å²) in [7, 11) is 0. The van der Waals surface area contributed by atoms with E-state index in [0.29, 0.717) is 0 Å². The average molecular weight is 208 g/mol. The summed E-state index contributed by atoms with van der Waals surface area (Å²) in [6.45, 7) is 12.8. The fourth-order valence-corrected chi connectivity index (χ4v) is 0.824. The number of hydrogen-bond donors (Lipinski definition) is 0. The van der Waals surface area contributed by atoms with E-state index in [2.05, 4.69) is 65.8 Å². The molecule has 0 saturated heterocycles. The van der Waals surface area contributed by atoms with Gasteiger partial charge in [-0.15, -0.1) is 0 Å². The van der Waals surface area contributed by atoms with Crippen LogP contribution in [0.4, 0.5) is 0 Å². The first-order chi connectivity index (χ1) is 7.15. The van der Waals surface area contributed by atoms with Crippen LogP contribution in [0.25, 0.3) is 0 Å². The average Bonchev–Trinajstić information content (AvgIpc) is 2.21. The Bertz CT molecular complexity index is 194. The quantitative estimate of drug-likeness (QED) is 0.580. The number of hydrogen-bond acceptors (Lipinski definition) is 0. The second kappa shape index (κ2) is 13.2. The van der Waals surface area contributed by atoms with E-state index < -0.39 is 0 Å². The van der Waals surface area contributed by atoms with Crippen LogP contribution in [0.15, 0.2) is 24.3 Å². The van der Waals surface area contributed by atoms with Gasteiger partial charge in [0.15, 0.2) is 0 Å². The van der Waals surface area contributed by atoms with Gasteiger partial charge in [-0.3, -0.25) is 0 Å². The molecule has 0 radical (unpaired) electrons.